The lowest BCUT2D eigenvalue weighted by molar-refractivity contribution is -0.122. The molecule has 2 heterocycles. The zero-order chi connectivity index (χ0) is 19.7. The fourth-order valence-corrected chi connectivity index (χ4v) is 4.37. The highest BCUT2D eigenvalue weighted by Gasteiger charge is 2.29. The summed E-state index contributed by atoms with van der Waals surface area (Å²) in [4.78, 5) is 12.8. The normalized spacial score (nSPS) is 16.4. The number of para-hydroxylation sites is 1. The van der Waals surface area contributed by atoms with Crippen molar-refractivity contribution in [3.8, 4) is 11.4 Å². The SMILES string of the molecule is Cc1ccc(-n2nc3c(c2NC(=O)[C@H](C)Oc2ccccc2)C[S@@](=O)C3)cc1. The Morgan fingerprint density at radius 3 is 2.57 bits per heavy atom. The summed E-state index contributed by atoms with van der Waals surface area (Å²) in [6, 6.07) is 17.1. The van der Waals surface area contributed by atoms with Gasteiger partial charge in [0.2, 0.25) is 0 Å². The van der Waals surface area contributed by atoms with Gasteiger partial charge in [-0.25, -0.2) is 4.68 Å². The fourth-order valence-electron chi connectivity index (χ4n) is 3.10. The van der Waals surface area contributed by atoms with Crippen LogP contribution in [0.25, 0.3) is 5.69 Å². The summed E-state index contributed by atoms with van der Waals surface area (Å²) in [7, 11) is -0.982. The Morgan fingerprint density at radius 2 is 1.86 bits per heavy atom. The Labute approximate surface area is 166 Å². The quantitative estimate of drug-likeness (QED) is 0.719. The summed E-state index contributed by atoms with van der Waals surface area (Å²) in [6.45, 7) is 3.72. The van der Waals surface area contributed by atoms with E-state index in [1.807, 2.05) is 49.4 Å². The first-order valence-electron chi connectivity index (χ1n) is 9.06. The molecule has 1 aromatic heterocycles. The molecule has 0 saturated heterocycles. The maximum absolute atomic E-state index is 12.8. The van der Waals surface area contributed by atoms with E-state index in [-0.39, 0.29) is 5.91 Å². The molecule has 144 valence electrons. The van der Waals surface area contributed by atoms with Crippen molar-refractivity contribution in [1.29, 1.82) is 0 Å². The fraction of sp³-hybridized carbons (Fsp3) is 0.238. The number of carbonyl (C=O) groups is 1. The van der Waals surface area contributed by atoms with Crippen molar-refractivity contribution in [3.63, 3.8) is 0 Å². The topological polar surface area (TPSA) is 73.2 Å². The molecule has 0 saturated carbocycles. The van der Waals surface area contributed by atoms with Crippen molar-refractivity contribution >= 4 is 22.5 Å². The molecule has 4 rings (SSSR count). The predicted molar refractivity (Wildman–Crippen MR) is 109 cm³/mol. The number of carbonyl (C=O) groups excluding carboxylic acids is 1. The maximum atomic E-state index is 12.8. The Hall–Kier alpha value is -2.93. The molecule has 2 atom stereocenters. The van der Waals surface area contributed by atoms with E-state index in [1.54, 1.807) is 23.7 Å². The zero-order valence-electron chi connectivity index (χ0n) is 15.7. The maximum Gasteiger partial charge on any atom is 0.266 e. The number of rotatable bonds is 5. The number of aryl methyl sites for hydroxylation is 1. The zero-order valence-corrected chi connectivity index (χ0v) is 16.5. The van der Waals surface area contributed by atoms with Crippen LogP contribution >= 0.6 is 0 Å². The Bertz CT molecular complexity index is 1030. The molecule has 3 aromatic rings. The minimum absolute atomic E-state index is 0.280. The van der Waals surface area contributed by atoms with E-state index in [4.69, 9.17) is 4.74 Å². The molecule has 6 nitrogen and oxygen atoms in total. The lowest BCUT2D eigenvalue weighted by atomic mass is 10.2. The van der Waals surface area contributed by atoms with Gasteiger partial charge in [0.25, 0.3) is 5.91 Å². The average molecular weight is 395 g/mol. The number of hydrogen-bond donors (Lipinski definition) is 1. The van der Waals surface area contributed by atoms with Gasteiger partial charge in [-0.15, -0.1) is 0 Å². The number of anilines is 1. The van der Waals surface area contributed by atoms with Crippen molar-refractivity contribution in [2.24, 2.45) is 0 Å². The number of nitrogens with zero attached hydrogens (tertiary/aromatic N) is 2. The van der Waals surface area contributed by atoms with Crippen molar-refractivity contribution in [2.75, 3.05) is 5.32 Å². The van der Waals surface area contributed by atoms with Crippen molar-refractivity contribution in [2.45, 2.75) is 31.5 Å². The highest BCUT2D eigenvalue weighted by molar-refractivity contribution is 7.83. The largest absolute Gasteiger partial charge is 0.481 e. The Morgan fingerprint density at radius 1 is 1.14 bits per heavy atom. The van der Waals surface area contributed by atoms with E-state index in [1.165, 1.54) is 0 Å². The first-order chi connectivity index (χ1) is 13.5. The highest BCUT2D eigenvalue weighted by Crippen LogP contribution is 2.31. The third kappa shape index (κ3) is 3.71. The summed E-state index contributed by atoms with van der Waals surface area (Å²) in [5.74, 6) is 1.72. The molecule has 1 amide bonds. The monoisotopic (exact) mass is 395 g/mol. The van der Waals surface area contributed by atoms with Crippen molar-refractivity contribution in [3.05, 3.63) is 71.4 Å². The number of hydrogen-bond acceptors (Lipinski definition) is 4. The summed E-state index contributed by atoms with van der Waals surface area (Å²) >= 11 is 0. The Kier molecular flexibility index (Phi) is 5.00. The summed E-state index contributed by atoms with van der Waals surface area (Å²) in [5.41, 5.74) is 3.59. The third-order valence-corrected chi connectivity index (χ3v) is 5.82. The second kappa shape index (κ2) is 7.59. The molecule has 0 spiro atoms. The van der Waals surface area contributed by atoms with Crippen LogP contribution in [0.1, 0.15) is 23.7 Å². The van der Waals surface area contributed by atoms with Gasteiger partial charge in [-0.1, -0.05) is 35.9 Å². The highest BCUT2D eigenvalue weighted by atomic mass is 32.2. The van der Waals surface area contributed by atoms with Gasteiger partial charge < -0.3 is 10.1 Å². The van der Waals surface area contributed by atoms with E-state index < -0.39 is 16.9 Å². The molecule has 0 bridgehead atoms. The molecule has 0 fully saturated rings. The molecule has 1 aliphatic rings. The number of amides is 1. The van der Waals surface area contributed by atoms with Gasteiger partial charge in [-0.3, -0.25) is 9.00 Å². The van der Waals surface area contributed by atoms with Gasteiger partial charge in [0.15, 0.2) is 6.10 Å². The van der Waals surface area contributed by atoms with Gasteiger partial charge in [-0.05, 0) is 38.1 Å². The molecule has 1 aliphatic heterocycles. The first-order valence-corrected chi connectivity index (χ1v) is 10.6. The number of ether oxygens (including phenoxy) is 1. The first kappa shape index (κ1) is 18.4. The van der Waals surface area contributed by atoms with E-state index in [2.05, 4.69) is 10.4 Å². The summed E-state index contributed by atoms with van der Waals surface area (Å²) < 4.78 is 19.4. The van der Waals surface area contributed by atoms with E-state index >= 15 is 0 Å². The molecule has 7 heteroatoms. The number of benzene rings is 2. The smallest absolute Gasteiger partial charge is 0.266 e. The number of nitrogens with one attached hydrogen (secondary N) is 1. The summed E-state index contributed by atoms with van der Waals surface area (Å²) in [6.07, 6.45) is -0.689. The second-order valence-corrected chi connectivity index (χ2v) is 8.27. The standard InChI is InChI=1S/C21H21N3O3S/c1-14-8-10-16(11-9-14)24-20(18-12-28(26)13-19(18)23-24)22-21(25)15(2)27-17-6-4-3-5-7-17/h3-11,15H,12-13H2,1-2H3,(H,22,25)/t15-,28+/m0/s1. The van der Waals surface area contributed by atoms with Crippen LogP contribution in [0.3, 0.4) is 0 Å². The van der Waals surface area contributed by atoms with E-state index in [9.17, 15) is 9.00 Å². The molecule has 2 aromatic carbocycles. The molecular weight excluding hydrogens is 374 g/mol. The number of fused-ring (bicyclic) bond motifs is 1. The van der Waals surface area contributed by atoms with Crippen LogP contribution in [0.5, 0.6) is 5.75 Å². The van der Waals surface area contributed by atoms with Crippen LogP contribution < -0.4 is 10.1 Å². The number of aromatic nitrogens is 2. The molecule has 1 N–H and O–H groups in total. The van der Waals surface area contributed by atoms with Crippen LogP contribution in [0.2, 0.25) is 0 Å². The van der Waals surface area contributed by atoms with Crippen molar-refractivity contribution < 1.29 is 13.7 Å². The van der Waals surface area contributed by atoms with Crippen LogP contribution in [-0.4, -0.2) is 26.0 Å². The molecule has 0 unspecified atom stereocenters. The second-order valence-electron chi connectivity index (χ2n) is 6.81. The van der Waals surface area contributed by atoms with Gasteiger partial charge in [0.1, 0.15) is 11.6 Å². The predicted octanol–water partition coefficient (Wildman–Crippen LogP) is 3.35. The van der Waals surface area contributed by atoms with Crippen LogP contribution in [0, 0.1) is 6.92 Å². The van der Waals surface area contributed by atoms with Crippen LogP contribution in [0.4, 0.5) is 5.82 Å². The van der Waals surface area contributed by atoms with Gasteiger partial charge >= 0.3 is 0 Å². The average Bonchev–Trinajstić information content (AvgIpc) is 3.20. The third-order valence-electron chi connectivity index (χ3n) is 4.62. The van der Waals surface area contributed by atoms with Crippen LogP contribution in [0.15, 0.2) is 54.6 Å². The Balaban J connectivity index is 1.62. The summed E-state index contributed by atoms with van der Waals surface area (Å²) in [5, 5.41) is 7.55. The molecule has 0 aliphatic carbocycles. The van der Waals surface area contributed by atoms with Crippen molar-refractivity contribution in [1.82, 2.24) is 9.78 Å². The minimum Gasteiger partial charge on any atom is -0.481 e. The molecule has 28 heavy (non-hydrogen) atoms. The molecular formula is C21H21N3O3S. The molecule has 0 radical (unpaired) electrons. The van der Waals surface area contributed by atoms with E-state index in [0.29, 0.717) is 23.1 Å². The van der Waals surface area contributed by atoms with Gasteiger partial charge in [-0.2, -0.15) is 5.10 Å². The lowest BCUT2D eigenvalue weighted by Crippen LogP contribution is -2.31. The van der Waals surface area contributed by atoms with Crippen LogP contribution in [-0.2, 0) is 27.1 Å². The van der Waals surface area contributed by atoms with Gasteiger partial charge in [0, 0.05) is 16.4 Å². The van der Waals surface area contributed by atoms with Gasteiger partial charge in [0.05, 0.1) is 22.9 Å². The lowest BCUT2D eigenvalue weighted by Gasteiger charge is -2.16. The van der Waals surface area contributed by atoms with E-state index in [0.717, 1.165) is 22.5 Å². The minimum atomic E-state index is -0.982.